The molecule has 0 fully saturated rings. The summed E-state index contributed by atoms with van der Waals surface area (Å²) in [6, 6.07) is 8.19. The summed E-state index contributed by atoms with van der Waals surface area (Å²) in [5.41, 5.74) is 7.09. The van der Waals surface area contributed by atoms with Gasteiger partial charge in [-0.15, -0.1) is 0 Å². The zero-order chi connectivity index (χ0) is 12.5. The molecule has 0 radical (unpaired) electrons. The van der Waals surface area contributed by atoms with Gasteiger partial charge in [-0.3, -0.25) is 4.98 Å². The highest BCUT2D eigenvalue weighted by atomic mass is 127. The van der Waals surface area contributed by atoms with E-state index in [1.165, 1.54) is 5.39 Å². The maximum atomic E-state index is 5.97. The van der Waals surface area contributed by atoms with Gasteiger partial charge >= 0.3 is 0 Å². The Hall–Kier alpha value is -1.63. The van der Waals surface area contributed by atoms with Crippen LogP contribution in [0.2, 0.25) is 0 Å². The number of benzene rings is 1. The Balaban J connectivity index is 2.08. The monoisotopic (exact) mass is 350 g/mol. The number of nitrogen functional groups attached to an aromatic ring is 1. The minimum Gasteiger partial charge on any atom is -0.383 e. The van der Waals surface area contributed by atoms with Gasteiger partial charge in [-0.25, -0.2) is 4.68 Å². The van der Waals surface area contributed by atoms with Gasteiger partial charge in [0.05, 0.1) is 16.3 Å². The van der Waals surface area contributed by atoms with Crippen LogP contribution in [0.4, 0.5) is 5.82 Å². The van der Waals surface area contributed by atoms with Gasteiger partial charge in [0, 0.05) is 17.8 Å². The van der Waals surface area contributed by atoms with E-state index in [0.717, 1.165) is 14.5 Å². The van der Waals surface area contributed by atoms with E-state index in [0.29, 0.717) is 12.4 Å². The molecular weight excluding hydrogens is 339 g/mol. The van der Waals surface area contributed by atoms with Crippen molar-refractivity contribution in [1.82, 2.24) is 14.8 Å². The fourth-order valence-electron chi connectivity index (χ4n) is 1.96. The van der Waals surface area contributed by atoms with E-state index < -0.39 is 0 Å². The third-order valence-corrected chi connectivity index (χ3v) is 3.74. The lowest BCUT2D eigenvalue weighted by atomic mass is 10.1. The number of fused-ring (bicyclic) bond motifs is 1. The maximum Gasteiger partial charge on any atom is 0.135 e. The van der Waals surface area contributed by atoms with Gasteiger partial charge in [-0.1, -0.05) is 24.3 Å². The largest absolute Gasteiger partial charge is 0.383 e. The van der Waals surface area contributed by atoms with Gasteiger partial charge < -0.3 is 5.73 Å². The van der Waals surface area contributed by atoms with E-state index in [-0.39, 0.29) is 0 Å². The molecule has 0 atom stereocenters. The molecule has 0 aliphatic rings. The third-order valence-electron chi connectivity index (χ3n) is 2.90. The summed E-state index contributed by atoms with van der Waals surface area (Å²) < 4.78 is 2.77. The summed E-state index contributed by atoms with van der Waals surface area (Å²) in [5, 5.41) is 6.60. The van der Waals surface area contributed by atoms with Crippen LogP contribution in [0.1, 0.15) is 5.56 Å². The molecule has 0 aliphatic heterocycles. The molecule has 0 amide bonds. The minimum absolute atomic E-state index is 0.642. The fraction of sp³-hybridized carbons (Fsp3) is 0.0769. The number of rotatable bonds is 2. The summed E-state index contributed by atoms with van der Waals surface area (Å²) in [5.74, 6) is 0.698. The number of hydrogen-bond acceptors (Lipinski definition) is 3. The fourth-order valence-corrected chi connectivity index (χ4v) is 2.37. The second-order valence-electron chi connectivity index (χ2n) is 4.06. The molecule has 90 valence electrons. The maximum absolute atomic E-state index is 5.97. The van der Waals surface area contributed by atoms with E-state index >= 15 is 0 Å². The predicted octanol–water partition coefficient (Wildman–Crippen LogP) is 2.67. The van der Waals surface area contributed by atoms with Crippen molar-refractivity contribution < 1.29 is 0 Å². The van der Waals surface area contributed by atoms with Crippen molar-refractivity contribution in [3.63, 3.8) is 0 Å². The highest BCUT2D eigenvalue weighted by molar-refractivity contribution is 14.1. The van der Waals surface area contributed by atoms with E-state index in [2.05, 4.69) is 44.8 Å². The molecule has 3 aromatic rings. The number of nitrogens with two attached hydrogens (primary N) is 1. The van der Waals surface area contributed by atoms with Crippen molar-refractivity contribution in [3.05, 3.63) is 52.0 Å². The van der Waals surface area contributed by atoms with Crippen LogP contribution in [-0.2, 0) is 6.54 Å². The molecule has 5 heteroatoms. The average molecular weight is 350 g/mol. The van der Waals surface area contributed by atoms with Crippen molar-refractivity contribution >= 4 is 39.2 Å². The van der Waals surface area contributed by atoms with Crippen LogP contribution < -0.4 is 5.73 Å². The van der Waals surface area contributed by atoms with Crippen LogP contribution in [0.5, 0.6) is 0 Å². The van der Waals surface area contributed by atoms with Crippen molar-refractivity contribution in [2.45, 2.75) is 6.54 Å². The topological polar surface area (TPSA) is 56.7 Å². The third kappa shape index (κ3) is 1.94. The second kappa shape index (κ2) is 4.56. The Bertz CT molecular complexity index is 700. The summed E-state index contributed by atoms with van der Waals surface area (Å²) in [6.45, 7) is 0.642. The van der Waals surface area contributed by atoms with Crippen LogP contribution in [0.25, 0.3) is 10.8 Å². The van der Waals surface area contributed by atoms with Gasteiger partial charge in [0.25, 0.3) is 0 Å². The standard InChI is InChI=1S/C13H11IN4/c14-12-7-17-18(13(12)15)8-10-6-16-5-9-3-1-2-4-11(9)10/h1-7H,8,15H2. The highest BCUT2D eigenvalue weighted by Crippen LogP contribution is 2.20. The predicted molar refractivity (Wildman–Crippen MR) is 80.2 cm³/mol. The first-order valence-electron chi connectivity index (χ1n) is 5.54. The zero-order valence-electron chi connectivity index (χ0n) is 9.55. The molecule has 2 aromatic heterocycles. The van der Waals surface area contributed by atoms with Gasteiger partial charge in [-0.2, -0.15) is 5.10 Å². The number of nitrogens with zero attached hydrogens (tertiary/aromatic N) is 3. The Morgan fingerprint density at radius 3 is 2.78 bits per heavy atom. The van der Waals surface area contributed by atoms with Crippen LogP contribution >= 0.6 is 22.6 Å². The van der Waals surface area contributed by atoms with E-state index in [9.17, 15) is 0 Å². The number of anilines is 1. The molecule has 18 heavy (non-hydrogen) atoms. The Kier molecular flexibility index (Phi) is 2.91. The van der Waals surface area contributed by atoms with E-state index in [4.69, 9.17) is 5.73 Å². The first kappa shape index (κ1) is 11.5. The van der Waals surface area contributed by atoms with Gasteiger partial charge in [0.2, 0.25) is 0 Å². The second-order valence-corrected chi connectivity index (χ2v) is 5.22. The van der Waals surface area contributed by atoms with Gasteiger partial charge in [0.15, 0.2) is 0 Å². The molecule has 0 unspecified atom stereocenters. The lowest BCUT2D eigenvalue weighted by Gasteiger charge is -2.07. The zero-order valence-corrected chi connectivity index (χ0v) is 11.7. The normalized spacial score (nSPS) is 10.9. The van der Waals surface area contributed by atoms with E-state index in [1.807, 2.05) is 24.5 Å². The first-order chi connectivity index (χ1) is 8.75. The average Bonchev–Trinajstić information content (AvgIpc) is 2.71. The summed E-state index contributed by atoms with van der Waals surface area (Å²) >= 11 is 2.18. The molecule has 2 heterocycles. The Labute approximate surface area is 118 Å². The van der Waals surface area contributed by atoms with Crippen LogP contribution in [0.15, 0.2) is 42.9 Å². The summed E-state index contributed by atoms with van der Waals surface area (Å²) in [4.78, 5) is 4.26. The van der Waals surface area contributed by atoms with Gasteiger partial charge in [0.1, 0.15) is 5.82 Å². The molecule has 2 N–H and O–H groups in total. The first-order valence-corrected chi connectivity index (χ1v) is 6.62. The molecule has 0 saturated carbocycles. The molecule has 0 bridgehead atoms. The van der Waals surface area contributed by atoms with Crippen LogP contribution in [-0.4, -0.2) is 14.8 Å². The summed E-state index contributed by atoms with van der Waals surface area (Å²) in [7, 11) is 0. The highest BCUT2D eigenvalue weighted by Gasteiger charge is 2.07. The minimum atomic E-state index is 0.642. The van der Waals surface area contributed by atoms with Crippen molar-refractivity contribution in [2.24, 2.45) is 0 Å². The van der Waals surface area contributed by atoms with E-state index in [1.54, 1.807) is 10.9 Å². The lowest BCUT2D eigenvalue weighted by Crippen LogP contribution is -2.06. The number of hydrogen-bond donors (Lipinski definition) is 1. The Morgan fingerprint density at radius 1 is 1.17 bits per heavy atom. The molecule has 1 aromatic carbocycles. The van der Waals surface area contributed by atoms with Crippen molar-refractivity contribution in [1.29, 1.82) is 0 Å². The van der Waals surface area contributed by atoms with Crippen LogP contribution in [0, 0.1) is 3.57 Å². The molecule has 4 nitrogen and oxygen atoms in total. The molecule has 3 rings (SSSR count). The lowest BCUT2D eigenvalue weighted by molar-refractivity contribution is 0.698. The molecule has 0 saturated heterocycles. The molecular formula is C13H11IN4. The van der Waals surface area contributed by atoms with Crippen molar-refractivity contribution in [2.75, 3.05) is 5.73 Å². The number of pyridine rings is 1. The quantitative estimate of drug-likeness (QED) is 0.723. The number of aromatic nitrogens is 3. The SMILES string of the molecule is Nc1c(I)cnn1Cc1cncc2ccccc12. The van der Waals surface area contributed by atoms with Crippen LogP contribution in [0.3, 0.4) is 0 Å². The summed E-state index contributed by atoms with van der Waals surface area (Å²) in [6.07, 6.45) is 5.51. The van der Waals surface area contributed by atoms with Gasteiger partial charge in [-0.05, 0) is 33.5 Å². The number of halogens is 1. The molecule has 0 spiro atoms. The smallest absolute Gasteiger partial charge is 0.135 e. The molecule has 0 aliphatic carbocycles. The van der Waals surface area contributed by atoms with Crippen molar-refractivity contribution in [3.8, 4) is 0 Å². The Morgan fingerprint density at radius 2 is 2.00 bits per heavy atom.